The van der Waals surface area contributed by atoms with E-state index in [4.69, 9.17) is 9.47 Å². The van der Waals surface area contributed by atoms with Crippen molar-refractivity contribution in [2.45, 2.75) is 12.7 Å². The number of imide groups is 1. The maximum absolute atomic E-state index is 11.9. The van der Waals surface area contributed by atoms with Crippen LogP contribution in [0, 0.1) is 0 Å². The second-order valence-electron chi connectivity index (χ2n) is 5.21. The smallest absolute Gasteiger partial charge is 0.405 e. The first kappa shape index (κ1) is 17.9. The number of nitrogens with zero attached hydrogens (tertiary/aromatic N) is 1. The fourth-order valence-corrected chi connectivity index (χ4v) is 2.04. The van der Waals surface area contributed by atoms with Gasteiger partial charge in [0.1, 0.15) is 6.54 Å². The summed E-state index contributed by atoms with van der Waals surface area (Å²) in [7, 11) is 1.64. The molecule has 0 unspecified atom stereocenters. The molecule has 0 aromatic heterocycles. The molecule has 3 amide bonds. The van der Waals surface area contributed by atoms with Crippen LogP contribution in [0.1, 0.15) is 5.56 Å². The van der Waals surface area contributed by atoms with E-state index in [9.17, 15) is 22.8 Å². The number of urea groups is 1. The molecule has 0 atom stereocenters. The number of ether oxygens (including phenoxy) is 2. The van der Waals surface area contributed by atoms with E-state index < -0.39 is 24.7 Å². The topological polar surface area (TPSA) is 79.9 Å². The first-order valence-corrected chi connectivity index (χ1v) is 6.94. The van der Waals surface area contributed by atoms with Crippen LogP contribution in [0.25, 0.3) is 0 Å². The largest absolute Gasteiger partial charge is 0.454 e. The number of fused-ring (bicyclic) bond motifs is 1. The van der Waals surface area contributed by atoms with Gasteiger partial charge in [-0.25, -0.2) is 4.79 Å². The summed E-state index contributed by atoms with van der Waals surface area (Å²) in [5.74, 6) is 0.537. The minimum absolute atomic E-state index is 0.157. The van der Waals surface area contributed by atoms with E-state index in [2.05, 4.69) is 0 Å². The molecule has 1 aromatic carbocycles. The molecule has 2 rings (SSSR count). The number of carbonyl (C=O) groups is 2. The third-order valence-electron chi connectivity index (χ3n) is 3.01. The zero-order chi connectivity index (χ0) is 17.7. The van der Waals surface area contributed by atoms with Crippen molar-refractivity contribution in [1.29, 1.82) is 0 Å². The number of benzene rings is 1. The number of rotatable bonds is 5. The summed E-state index contributed by atoms with van der Waals surface area (Å²) < 4.78 is 46.3. The van der Waals surface area contributed by atoms with E-state index >= 15 is 0 Å². The van der Waals surface area contributed by atoms with Crippen LogP contribution in [0.3, 0.4) is 0 Å². The lowest BCUT2D eigenvalue weighted by Crippen LogP contribution is -2.46. The van der Waals surface area contributed by atoms with Crippen molar-refractivity contribution in [3.63, 3.8) is 0 Å². The standard InChI is InChI=1S/C14H16F3N3O4/c1-20(5-9-2-3-10-11(4-9)24-8-23-10)6-12(21)19-13(22)18-7-14(15,16)17/h2-4H,5-8H2,1H3,(H2,18,19,21,22). The number of amides is 3. The molecular formula is C14H16F3N3O4. The number of hydrogen-bond acceptors (Lipinski definition) is 5. The summed E-state index contributed by atoms with van der Waals surface area (Å²) in [6.07, 6.45) is -4.53. The van der Waals surface area contributed by atoms with Crippen LogP contribution in [-0.2, 0) is 11.3 Å². The zero-order valence-electron chi connectivity index (χ0n) is 12.8. The van der Waals surface area contributed by atoms with Crippen molar-refractivity contribution in [2.75, 3.05) is 26.9 Å². The molecule has 0 spiro atoms. The Labute approximate surface area is 135 Å². The van der Waals surface area contributed by atoms with Gasteiger partial charge in [-0.3, -0.25) is 15.0 Å². The van der Waals surface area contributed by atoms with Crippen LogP contribution >= 0.6 is 0 Å². The molecule has 24 heavy (non-hydrogen) atoms. The van der Waals surface area contributed by atoms with Gasteiger partial charge in [0.05, 0.1) is 6.54 Å². The van der Waals surface area contributed by atoms with E-state index in [1.807, 2.05) is 5.32 Å². The minimum Gasteiger partial charge on any atom is -0.454 e. The normalized spacial score (nSPS) is 13.0. The van der Waals surface area contributed by atoms with Crippen molar-refractivity contribution in [3.8, 4) is 11.5 Å². The molecule has 132 valence electrons. The van der Waals surface area contributed by atoms with E-state index in [0.717, 1.165) is 5.56 Å². The maximum Gasteiger partial charge on any atom is 0.405 e. The Hall–Kier alpha value is -2.49. The predicted molar refractivity (Wildman–Crippen MR) is 76.5 cm³/mol. The average molecular weight is 347 g/mol. The number of hydrogen-bond donors (Lipinski definition) is 2. The lowest BCUT2D eigenvalue weighted by Gasteiger charge is -2.16. The van der Waals surface area contributed by atoms with E-state index in [1.54, 1.807) is 35.5 Å². The second kappa shape index (κ2) is 7.39. The molecule has 1 aliphatic rings. The zero-order valence-corrected chi connectivity index (χ0v) is 12.8. The predicted octanol–water partition coefficient (Wildman–Crippen LogP) is 1.24. The van der Waals surface area contributed by atoms with Crippen LogP contribution < -0.4 is 20.1 Å². The lowest BCUT2D eigenvalue weighted by molar-refractivity contribution is -0.125. The Balaban J connectivity index is 1.76. The highest BCUT2D eigenvalue weighted by Crippen LogP contribution is 2.32. The molecule has 7 nitrogen and oxygen atoms in total. The molecule has 1 heterocycles. The molecule has 0 saturated carbocycles. The third kappa shape index (κ3) is 5.61. The van der Waals surface area contributed by atoms with Crippen molar-refractivity contribution in [2.24, 2.45) is 0 Å². The minimum atomic E-state index is -4.53. The van der Waals surface area contributed by atoms with Gasteiger partial charge in [-0.05, 0) is 24.7 Å². The molecule has 0 bridgehead atoms. The molecule has 10 heteroatoms. The Bertz CT molecular complexity index is 622. The van der Waals surface area contributed by atoms with E-state index in [-0.39, 0.29) is 13.3 Å². The number of nitrogens with one attached hydrogen (secondary N) is 2. The van der Waals surface area contributed by atoms with Crippen molar-refractivity contribution >= 4 is 11.9 Å². The van der Waals surface area contributed by atoms with E-state index in [1.165, 1.54) is 0 Å². The van der Waals surface area contributed by atoms with Gasteiger partial charge < -0.3 is 14.8 Å². The third-order valence-corrected chi connectivity index (χ3v) is 3.01. The van der Waals surface area contributed by atoms with Crippen molar-refractivity contribution in [1.82, 2.24) is 15.5 Å². The number of likely N-dealkylation sites (N-methyl/N-ethyl adjacent to an activating group) is 1. The van der Waals surface area contributed by atoms with Gasteiger partial charge in [0.15, 0.2) is 11.5 Å². The molecule has 0 aliphatic carbocycles. The maximum atomic E-state index is 11.9. The number of halogens is 3. The molecule has 2 N–H and O–H groups in total. The van der Waals surface area contributed by atoms with Crippen LogP contribution in [0.2, 0.25) is 0 Å². The van der Waals surface area contributed by atoms with Gasteiger partial charge in [-0.15, -0.1) is 0 Å². The van der Waals surface area contributed by atoms with Crippen LogP contribution in [-0.4, -0.2) is 49.9 Å². The van der Waals surface area contributed by atoms with Gasteiger partial charge >= 0.3 is 12.2 Å². The summed E-state index contributed by atoms with van der Waals surface area (Å²) >= 11 is 0. The molecule has 1 aliphatic heterocycles. The molecular weight excluding hydrogens is 331 g/mol. The molecule has 0 fully saturated rings. The van der Waals surface area contributed by atoms with Gasteiger partial charge in [0.2, 0.25) is 12.7 Å². The van der Waals surface area contributed by atoms with Crippen LogP contribution in [0.5, 0.6) is 11.5 Å². The second-order valence-corrected chi connectivity index (χ2v) is 5.21. The van der Waals surface area contributed by atoms with Crippen LogP contribution in [0.4, 0.5) is 18.0 Å². The average Bonchev–Trinajstić information content (AvgIpc) is 2.91. The Morgan fingerprint density at radius 1 is 1.25 bits per heavy atom. The Morgan fingerprint density at radius 3 is 2.67 bits per heavy atom. The molecule has 0 saturated heterocycles. The first-order valence-electron chi connectivity index (χ1n) is 6.94. The Kier molecular flexibility index (Phi) is 5.50. The summed E-state index contributed by atoms with van der Waals surface area (Å²) in [6.45, 7) is -1.12. The van der Waals surface area contributed by atoms with Gasteiger partial charge in [-0.1, -0.05) is 6.07 Å². The fraction of sp³-hybridized carbons (Fsp3) is 0.429. The highest BCUT2D eigenvalue weighted by molar-refractivity contribution is 5.95. The van der Waals surface area contributed by atoms with Gasteiger partial charge in [0.25, 0.3) is 0 Å². The summed E-state index contributed by atoms with van der Waals surface area (Å²) in [4.78, 5) is 24.4. The van der Waals surface area contributed by atoms with Crippen LogP contribution in [0.15, 0.2) is 18.2 Å². The molecule has 1 aromatic rings. The quantitative estimate of drug-likeness (QED) is 0.838. The highest BCUT2D eigenvalue weighted by Gasteiger charge is 2.28. The SMILES string of the molecule is CN(CC(=O)NC(=O)NCC(F)(F)F)Cc1ccc2c(c1)OCO2. The highest BCUT2D eigenvalue weighted by atomic mass is 19.4. The van der Waals surface area contributed by atoms with Gasteiger partial charge in [0, 0.05) is 6.54 Å². The monoisotopic (exact) mass is 347 g/mol. The van der Waals surface area contributed by atoms with Crippen molar-refractivity contribution < 1.29 is 32.2 Å². The first-order chi connectivity index (χ1) is 11.2. The lowest BCUT2D eigenvalue weighted by atomic mass is 10.2. The number of carbonyl (C=O) groups excluding carboxylic acids is 2. The Morgan fingerprint density at radius 2 is 1.96 bits per heavy atom. The fourth-order valence-electron chi connectivity index (χ4n) is 2.04. The summed E-state index contributed by atoms with van der Waals surface area (Å²) in [5.41, 5.74) is 0.857. The molecule has 0 radical (unpaired) electrons. The number of alkyl halides is 3. The van der Waals surface area contributed by atoms with Crippen molar-refractivity contribution in [3.05, 3.63) is 23.8 Å². The van der Waals surface area contributed by atoms with Gasteiger partial charge in [-0.2, -0.15) is 13.2 Å². The van der Waals surface area contributed by atoms with E-state index in [0.29, 0.717) is 18.0 Å². The summed E-state index contributed by atoms with van der Waals surface area (Å²) in [6, 6.07) is 4.13. The summed E-state index contributed by atoms with van der Waals surface area (Å²) in [5, 5.41) is 3.40.